The average Bonchev–Trinajstić information content (AvgIpc) is 3.05. The van der Waals surface area contributed by atoms with Crippen LogP contribution in [-0.4, -0.2) is 61.4 Å². The maximum Gasteiger partial charge on any atom is 0.227 e. The molecule has 2 aliphatic heterocycles. The molecule has 2 heterocycles. The second-order valence-electron chi connectivity index (χ2n) is 7.75. The number of nitrogens with zero attached hydrogens (tertiary/aromatic N) is 3. The van der Waals surface area contributed by atoms with Gasteiger partial charge in [0.2, 0.25) is 11.8 Å². The number of carbonyl (C=O) groups excluding carboxylic acids is 2. The van der Waals surface area contributed by atoms with Gasteiger partial charge in [0.25, 0.3) is 0 Å². The molecule has 1 unspecified atom stereocenters. The smallest absolute Gasteiger partial charge is 0.227 e. The molecule has 0 aromatic heterocycles. The Bertz CT molecular complexity index is 627. The predicted molar refractivity (Wildman–Crippen MR) is 104 cm³/mol. The van der Waals surface area contributed by atoms with Crippen LogP contribution in [0.4, 0.5) is 5.69 Å². The lowest BCUT2D eigenvalue weighted by atomic mass is 9.98. The van der Waals surface area contributed by atoms with E-state index in [0.717, 1.165) is 56.6 Å². The summed E-state index contributed by atoms with van der Waals surface area (Å²) in [6.07, 6.45) is 6.38. The van der Waals surface area contributed by atoms with Crippen molar-refractivity contribution in [3.8, 4) is 0 Å². The third-order valence-electron chi connectivity index (χ3n) is 5.66. The number of benzene rings is 1. The van der Waals surface area contributed by atoms with Crippen LogP contribution in [0.25, 0.3) is 0 Å². The van der Waals surface area contributed by atoms with Gasteiger partial charge in [-0.2, -0.15) is 0 Å². The van der Waals surface area contributed by atoms with Gasteiger partial charge in [-0.3, -0.25) is 9.59 Å². The first-order valence-corrected chi connectivity index (χ1v) is 9.88. The normalized spacial score (nSPS) is 20.5. The Hall–Kier alpha value is -2.04. The number of hydrogen-bond donors (Lipinski definition) is 0. The zero-order chi connectivity index (χ0) is 18.5. The highest BCUT2D eigenvalue weighted by molar-refractivity contribution is 5.79. The molecule has 0 saturated carbocycles. The second kappa shape index (κ2) is 8.56. The molecule has 5 nitrogen and oxygen atoms in total. The Morgan fingerprint density at radius 1 is 1.12 bits per heavy atom. The monoisotopic (exact) mass is 357 g/mol. The van der Waals surface area contributed by atoms with E-state index in [-0.39, 0.29) is 17.9 Å². The first-order chi connectivity index (χ1) is 12.5. The molecular formula is C21H31N3O2. The van der Waals surface area contributed by atoms with Crippen molar-refractivity contribution in [3.05, 3.63) is 29.8 Å². The first-order valence-electron chi connectivity index (χ1n) is 9.88. The molecule has 2 saturated heterocycles. The van der Waals surface area contributed by atoms with Gasteiger partial charge in [0.15, 0.2) is 0 Å². The van der Waals surface area contributed by atoms with Crippen LogP contribution < -0.4 is 4.90 Å². The van der Waals surface area contributed by atoms with Crippen molar-refractivity contribution in [1.29, 1.82) is 0 Å². The summed E-state index contributed by atoms with van der Waals surface area (Å²) in [6, 6.07) is 8.51. The van der Waals surface area contributed by atoms with Crippen molar-refractivity contribution in [2.24, 2.45) is 0 Å². The van der Waals surface area contributed by atoms with Crippen molar-refractivity contribution in [2.45, 2.75) is 51.0 Å². The number of piperidine rings is 1. The highest BCUT2D eigenvalue weighted by Crippen LogP contribution is 2.23. The lowest BCUT2D eigenvalue weighted by Gasteiger charge is -2.37. The fraction of sp³-hybridized carbons (Fsp3) is 0.619. The Kier molecular flexibility index (Phi) is 6.17. The molecule has 0 aliphatic carbocycles. The number of likely N-dealkylation sites (tertiary alicyclic amines) is 2. The Labute approximate surface area is 156 Å². The summed E-state index contributed by atoms with van der Waals surface area (Å²) in [6.45, 7) is 2.54. The van der Waals surface area contributed by atoms with E-state index in [0.29, 0.717) is 12.8 Å². The van der Waals surface area contributed by atoms with Gasteiger partial charge in [0.1, 0.15) is 0 Å². The molecule has 3 rings (SSSR count). The fourth-order valence-corrected chi connectivity index (χ4v) is 4.06. The van der Waals surface area contributed by atoms with Crippen molar-refractivity contribution in [3.63, 3.8) is 0 Å². The Balaban J connectivity index is 1.57. The topological polar surface area (TPSA) is 43.9 Å². The molecule has 5 heteroatoms. The summed E-state index contributed by atoms with van der Waals surface area (Å²) in [5, 5.41) is 0. The van der Waals surface area contributed by atoms with Crippen LogP contribution in [0.1, 0.15) is 44.1 Å². The van der Waals surface area contributed by atoms with Gasteiger partial charge in [0, 0.05) is 51.9 Å². The maximum atomic E-state index is 12.9. The third-order valence-corrected chi connectivity index (χ3v) is 5.66. The summed E-state index contributed by atoms with van der Waals surface area (Å²) >= 11 is 0. The second-order valence-corrected chi connectivity index (χ2v) is 7.75. The van der Waals surface area contributed by atoms with Crippen LogP contribution in [0, 0.1) is 0 Å². The minimum Gasteiger partial charge on any atom is -0.378 e. The summed E-state index contributed by atoms with van der Waals surface area (Å²) in [7, 11) is 4.03. The number of hydrogen-bond acceptors (Lipinski definition) is 3. The van der Waals surface area contributed by atoms with Gasteiger partial charge >= 0.3 is 0 Å². The van der Waals surface area contributed by atoms with Crippen molar-refractivity contribution in [2.75, 3.05) is 38.6 Å². The molecule has 2 amide bonds. The molecule has 1 aromatic rings. The zero-order valence-corrected chi connectivity index (χ0v) is 16.1. The summed E-state index contributed by atoms with van der Waals surface area (Å²) in [4.78, 5) is 30.8. The van der Waals surface area contributed by atoms with Crippen LogP contribution in [-0.2, 0) is 16.0 Å². The molecule has 2 fully saturated rings. The molecule has 1 aromatic carbocycles. The molecule has 0 radical (unpaired) electrons. The minimum atomic E-state index is 0.222. The molecule has 0 N–H and O–H groups in total. The van der Waals surface area contributed by atoms with Crippen molar-refractivity contribution >= 4 is 17.5 Å². The van der Waals surface area contributed by atoms with E-state index in [2.05, 4.69) is 34.1 Å². The molecule has 0 spiro atoms. The van der Waals surface area contributed by atoms with Crippen molar-refractivity contribution in [1.82, 2.24) is 9.80 Å². The molecule has 142 valence electrons. The third kappa shape index (κ3) is 4.57. The predicted octanol–water partition coefficient (Wildman–Crippen LogP) is 2.69. The zero-order valence-electron chi connectivity index (χ0n) is 16.1. The standard InChI is InChI=1S/C21H31N3O2/c1-22(2)18-10-8-17(9-11-18)16-21(26)24-14-4-3-6-19(24)12-15-23-13-5-7-20(23)25/h8-11,19H,3-7,12-16H2,1-2H3. The molecule has 0 bridgehead atoms. The summed E-state index contributed by atoms with van der Waals surface area (Å²) < 4.78 is 0. The van der Waals surface area contributed by atoms with E-state index in [4.69, 9.17) is 0 Å². The molecule has 2 aliphatic rings. The highest BCUT2D eigenvalue weighted by Gasteiger charge is 2.28. The lowest BCUT2D eigenvalue weighted by molar-refractivity contribution is -0.134. The van der Waals surface area contributed by atoms with Crippen LogP contribution in [0.5, 0.6) is 0 Å². The van der Waals surface area contributed by atoms with E-state index in [1.807, 2.05) is 19.0 Å². The van der Waals surface area contributed by atoms with Gasteiger partial charge in [-0.1, -0.05) is 12.1 Å². The molecule has 26 heavy (non-hydrogen) atoms. The first kappa shape index (κ1) is 18.7. The van der Waals surface area contributed by atoms with E-state index in [1.165, 1.54) is 6.42 Å². The quantitative estimate of drug-likeness (QED) is 0.786. The summed E-state index contributed by atoms with van der Waals surface area (Å²) in [5.74, 6) is 0.500. The fourth-order valence-electron chi connectivity index (χ4n) is 4.06. The Morgan fingerprint density at radius 3 is 2.54 bits per heavy atom. The van der Waals surface area contributed by atoms with E-state index in [1.54, 1.807) is 0 Å². The van der Waals surface area contributed by atoms with Gasteiger partial charge in [0.05, 0.1) is 6.42 Å². The summed E-state index contributed by atoms with van der Waals surface area (Å²) in [5.41, 5.74) is 2.21. The van der Waals surface area contributed by atoms with Crippen LogP contribution >= 0.6 is 0 Å². The van der Waals surface area contributed by atoms with E-state index < -0.39 is 0 Å². The minimum absolute atomic E-state index is 0.222. The largest absolute Gasteiger partial charge is 0.378 e. The molecule has 1 atom stereocenters. The SMILES string of the molecule is CN(C)c1ccc(CC(=O)N2CCCCC2CCN2CCCC2=O)cc1. The van der Waals surface area contributed by atoms with Gasteiger partial charge < -0.3 is 14.7 Å². The van der Waals surface area contributed by atoms with E-state index >= 15 is 0 Å². The van der Waals surface area contributed by atoms with Gasteiger partial charge in [-0.05, 0) is 49.8 Å². The maximum absolute atomic E-state index is 12.9. The van der Waals surface area contributed by atoms with Crippen molar-refractivity contribution < 1.29 is 9.59 Å². The number of amides is 2. The van der Waals surface area contributed by atoms with Gasteiger partial charge in [-0.25, -0.2) is 0 Å². The lowest BCUT2D eigenvalue weighted by Crippen LogP contribution is -2.46. The Morgan fingerprint density at radius 2 is 1.88 bits per heavy atom. The van der Waals surface area contributed by atoms with Crippen LogP contribution in [0.15, 0.2) is 24.3 Å². The number of rotatable bonds is 6. The average molecular weight is 357 g/mol. The molecular weight excluding hydrogens is 326 g/mol. The van der Waals surface area contributed by atoms with Crippen LogP contribution in [0.2, 0.25) is 0 Å². The van der Waals surface area contributed by atoms with E-state index in [9.17, 15) is 9.59 Å². The number of anilines is 1. The van der Waals surface area contributed by atoms with Crippen LogP contribution in [0.3, 0.4) is 0 Å². The van der Waals surface area contributed by atoms with Gasteiger partial charge in [-0.15, -0.1) is 0 Å². The number of carbonyl (C=O) groups is 2. The highest BCUT2D eigenvalue weighted by atomic mass is 16.2.